The normalized spacial score (nSPS) is 18.4. The number of aliphatic carboxylic acids is 1. The lowest BCUT2D eigenvalue weighted by Crippen LogP contribution is -2.40. The summed E-state index contributed by atoms with van der Waals surface area (Å²) in [7, 11) is 0. The molecule has 3 rings (SSSR count). The maximum absolute atomic E-state index is 11.2. The highest BCUT2D eigenvalue weighted by molar-refractivity contribution is 7.12. The first kappa shape index (κ1) is 19.6. The van der Waals surface area contributed by atoms with Crippen LogP contribution in [-0.2, 0) is 9.63 Å². The first-order valence-corrected chi connectivity index (χ1v) is 10.2. The number of piperidine rings is 1. The van der Waals surface area contributed by atoms with Crippen molar-refractivity contribution in [1.82, 2.24) is 4.90 Å². The van der Waals surface area contributed by atoms with Crippen LogP contribution in [0.1, 0.15) is 34.4 Å². The van der Waals surface area contributed by atoms with E-state index in [1.807, 2.05) is 12.1 Å². The summed E-state index contributed by atoms with van der Waals surface area (Å²) in [5, 5.41) is 15.8. The number of hydrogen-bond donors (Lipinski definition) is 1. The Kier molecular flexibility index (Phi) is 6.63. The Morgan fingerprint density at radius 3 is 2.89 bits per heavy atom. The van der Waals surface area contributed by atoms with Gasteiger partial charge in [0, 0.05) is 18.7 Å². The number of nitrogens with zero attached hydrogens (tertiary/aromatic N) is 2. The number of benzene rings is 1. The fourth-order valence-corrected chi connectivity index (χ4v) is 4.25. The molecule has 1 aromatic heterocycles. The van der Waals surface area contributed by atoms with Crippen molar-refractivity contribution in [1.29, 1.82) is 0 Å². The number of carboxylic acid groups (broad SMARTS) is 1. The molecule has 5 nitrogen and oxygen atoms in total. The van der Waals surface area contributed by atoms with Crippen LogP contribution in [0.4, 0.5) is 0 Å². The molecule has 0 bridgehead atoms. The second-order valence-corrected chi connectivity index (χ2v) is 7.97. The molecule has 0 spiro atoms. The first-order chi connectivity index (χ1) is 13.0. The van der Waals surface area contributed by atoms with Crippen molar-refractivity contribution in [2.45, 2.75) is 26.7 Å². The highest BCUT2D eigenvalue weighted by atomic mass is 32.1. The molecule has 1 saturated heterocycles. The summed E-state index contributed by atoms with van der Waals surface area (Å²) in [5.74, 6) is -0.965. The van der Waals surface area contributed by atoms with Gasteiger partial charge in [-0.15, -0.1) is 11.3 Å². The second kappa shape index (κ2) is 9.15. The van der Waals surface area contributed by atoms with Crippen molar-refractivity contribution < 1.29 is 14.7 Å². The van der Waals surface area contributed by atoms with Crippen molar-refractivity contribution in [2.24, 2.45) is 11.1 Å². The number of aryl methyl sites for hydroxylation is 2. The Morgan fingerprint density at radius 1 is 1.37 bits per heavy atom. The molecule has 144 valence electrons. The molecule has 1 aliphatic rings. The van der Waals surface area contributed by atoms with Crippen LogP contribution in [-0.4, -0.2) is 47.9 Å². The Morgan fingerprint density at radius 2 is 2.19 bits per heavy atom. The van der Waals surface area contributed by atoms with Crippen molar-refractivity contribution in [3.63, 3.8) is 0 Å². The topological polar surface area (TPSA) is 62.1 Å². The van der Waals surface area contributed by atoms with E-state index in [1.165, 1.54) is 5.56 Å². The smallest absolute Gasteiger partial charge is 0.307 e. The minimum Gasteiger partial charge on any atom is -0.481 e. The fourth-order valence-electron chi connectivity index (χ4n) is 3.36. The number of likely N-dealkylation sites (tertiary alicyclic amines) is 1. The van der Waals surface area contributed by atoms with Gasteiger partial charge in [0.25, 0.3) is 0 Å². The summed E-state index contributed by atoms with van der Waals surface area (Å²) in [6.45, 7) is 6.81. The molecular weight excluding hydrogens is 360 g/mol. The van der Waals surface area contributed by atoms with Gasteiger partial charge in [0.15, 0.2) is 0 Å². The lowest BCUT2D eigenvalue weighted by molar-refractivity contribution is -0.143. The van der Waals surface area contributed by atoms with Crippen LogP contribution in [0.3, 0.4) is 0 Å². The van der Waals surface area contributed by atoms with E-state index >= 15 is 0 Å². The quantitative estimate of drug-likeness (QED) is 0.445. The summed E-state index contributed by atoms with van der Waals surface area (Å²) < 4.78 is 0. The molecule has 0 radical (unpaired) electrons. The molecule has 1 fully saturated rings. The third-order valence-electron chi connectivity index (χ3n) is 4.87. The van der Waals surface area contributed by atoms with Gasteiger partial charge in [-0.3, -0.25) is 9.69 Å². The standard InChI is InChI=1S/C21H26N2O3S/c1-15-12-19(27-14-15)20(18-8-4-3-6-16(18)2)22-26-11-10-23-9-5-7-17(13-23)21(24)25/h3-4,6,8,12,14,17H,5,7,9-11,13H2,1-2H3,(H,24,25)/b22-20+/t17-/m1/s1. The summed E-state index contributed by atoms with van der Waals surface area (Å²) in [6, 6.07) is 10.3. The molecule has 1 N–H and O–H groups in total. The second-order valence-electron chi connectivity index (χ2n) is 7.05. The van der Waals surface area contributed by atoms with Crippen LogP contribution in [0.2, 0.25) is 0 Å². The van der Waals surface area contributed by atoms with Gasteiger partial charge in [-0.1, -0.05) is 29.4 Å². The summed E-state index contributed by atoms with van der Waals surface area (Å²) in [6.07, 6.45) is 1.68. The molecule has 0 unspecified atom stereocenters. The van der Waals surface area contributed by atoms with E-state index in [0.29, 0.717) is 19.7 Å². The highest BCUT2D eigenvalue weighted by Crippen LogP contribution is 2.21. The van der Waals surface area contributed by atoms with Gasteiger partial charge in [0.1, 0.15) is 12.3 Å². The van der Waals surface area contributed by atoms with E-state index in [2.05, 4.69) is 47.5 Å². The molecular formula is C21H26N2O3S. The van der Waals surface area contributed by atoms with Crippen LogP contribution in [0.5, 0.6) is 0 Å². The van der Waals surface area contributed by atoms with Crippen LogP contribution in [0.15, 0.2) is 40.9 Å². The SMILES string of the molecule is Cc1csc(/C(=N/OCCN2CCC[C@@H](C(=O)O)C2)c2ccccc2C)c1. The average Bonchev–Trinajstić information content (AvgIpc) is 3.09. The Hall–Kier alpha value is -2.18. The zero-order chi connectivity index (χ0) is 19.2. The van der Waals surface area contributed by atoms with Gasteiger partial charge in [0.05, 0.1) is 10.8 Å². The van der Waals surface area contributed by atoms with Gasteiger partial charge >= 0.3 is 5.97 Å². The van der Waals surface area contributed by atoms with Gasteiger partial charge < -0.3 is 9.94 Å². The van der Waals surface area contributed by atoms with Gasteiger partial charge in [0.2, 0.25) is 0 Å². The molecule has 0 aliphatic carbocycles. The van der Waals surface area contributed by atoms with Crippen LogP contribution in [0, 0.1) is 19.8 Å². The fraction of sp³-hybridized carbons (Fsp3) is 0.429. The van der Waals surface area contributed by atoms with E-state index in [1.54, 1.807) is 11.3 Å². The molecule has 2 aromatic rings. The summed E-state index contributed by atoms with van der Waals surface area (Å²) >= 11 is 1.66. The minimum atomic E-state index is -0.700. The Labute approximate surface area is 164 Å². The molecule has 6 heteroatoms. The Balaban J connectivity index is 1.66. The van der Waals surface area contributed by atoms with E-state index < -0.39 is 5.97 Å². The van der Waals surface area contributed by atoms with Gasteiger partial charge in [-0.2, -0.15) is 0 Å². The first-order valence-electron chi connectivity index (χ1n) is 9.31. The maximum atomic E-state index is 11.2. The molecule has 1 atom stereocenters. The molecule has 2 heterocycles. The lowest BCUT2D eigenvalue weighted by Gasteiger charge is -2.29. The predicted molar refractivity (Wildman–Crippen MR) is 109 cm³/mol. The van der Waals surface area contributed by atoms with E-state index in [4.69, 9.17) is 4.84 Å². The third-order valence-corrected chi connectivity index (χ3v) is 5.93. The van der Waals surface area contributed by atoms with Crippen molar-refractivity contribution in [2.75, 3.05) is 26.2 Å². The predicted octanol–water partition coefficient (Wildman–Crippen LogP) is 3.93. The van der Waals surface area contributed by atoms with E-state index in [9.17, 15) is 9.90 Å². The van der Waals surface area contributed by atoms with Crippen LogP contribution >= 0.6 is 11.3 Å². The number of rotatable bonds is 7. The number of thiophene rings is 1. The van der Waals surface area contributed by atoms with Gasteiger partial charge in [-0.25, -0.2) is 0 Å². The highest BCUT2D eigenvalue weighted by Gasteiger charge is 2.25. The van der Waals surface area contributed by atoms with Crippen molar-refractivity contribution in [3.05, 3.63) is 57.3 Å². The average molecular weight is 387 g/mol. The van der Waals surface area contributed by atoms with Crippen molar-refractivity contribution >= 4 is 23.0 Å². The largest absolute Gasteiger partial charge is 0.481 e. The molecule has 0 amide bonds. The third kappa shape index (κ3) is 5.17. The zero-order valence-corrected chi connectivity index (χ0v) is 16.7. The number of carbonyl (C=O) groups is 1. The summed E-state index contributed by atoms with van der Waals surface area (Å²) in [5.41, 5.74) is 4.30. The lowest BCUT2D eigenvalue weighted by atomic mass is 9.98. The zero-order valence-electron chi connectivity index (χ0n) is 15.9. The molecule has 0 saturated carbocycles. The minimum absolute atomic E-state index is 0.265. The maximum Gasteiger partial charge on any atom is 0.307 e. The number of hydrogen-bond acceptors (Lipinski definition) is 5. The van der Waals surface area contributed by atoms with Gasteiger partial charge in [-0.05, 0) is 55.8 Å². The molecule has 27 heavy (non-hydrogen) atoms. The van der Waals surface area contributed by atoms with Crippen LogP contribution in [0.25, 0.3) is 0 Å². The number of oxime groups is 1. The Bertz CT molecular complexity index is 815. The monoisotopic (exact) mass is 386 g/mol. The van der Waals surface area contributed by atoms with Crippen molar-refractivity contribution in [3.8, 4) is 0 Å². The van der Waals surface area contributed by atoms with Crippen LogP contribution < -0.4 is 0 Å². The summed E-state index contributed by atoms with van der Waals surface area (Å²) in [4.78, 5) is 20.1. The molecule has 1 aliphatic heterocycles. The van der Waals surface area contributed by atoms with E-state index in [-0.39, 0.29) is 5.92 Å². The molecule has 1 aromatic carbocycles. The van der Waals surface area contributed by atoms with E-state index in [0.717, 1.165) is 41.1 Å². The number of carboxylic acids is 1.